The van der Waals surface area contributed by atoms with Crippen LogP contribution in [0.4, 0.5) is 4.79 Å². The second-order valence-corrected chi connectivity index (χ2v) is 4.71. The molecule has 1 aromatic heterocycles. The Morgan fingerprint density at radius 1 is 1.33 bits per heavy atom. The smallest absolute Gasteiger partial charge is 0.418 e. The molecule has 1 heterocycles. The van der Waals surface area contributed by atoms with E-state index in [1.54, 1.807) is 4.57 Å². The number of ether oxygens (including phenoxy) is 1. The van der Waals surface area contributed by atoms with E-state index in [2.05, 4.69) is 13.0 Å². The molecule has 0 radical (unpaired) electrons. The summed E-state index contributed by atoms with van der Waals surface area (Å²) in [5, 5.41) is 1.08. The molecule has 0 saturated heterocycles. The predicted molar refractivity (Wildman–Crippen MR) is 72.9 cm³/mol. The Bertz CT molecular complexity index is 555. The van der Waals surface area contributed by atoms with Crippen LogP contribution in [0, 0.1) is 0 Å². The van der Waals surface area contributed by atoms with Crippen molar-refractivity contribution in [2.24, 2.45) is 0 Å². The van der Waals surface area contributed by atoms with E-state index < -0.39 is 0 Å². The molecule has 0 fully saturated rings. The van der Waals surface area contributed by atoms with E-state index in [1.165, 1.54) is 0 Å². The van der Waals surface area contributed by atoms with Crippen molar-refractivity contribution in [3.8, 4) is 0 Å². The van der Waals surface area contributed by atoms with E-state index in [0.29, 0.717) is 0 Å². The van der Waals surface area contributed by atoms with Crippen LogP contribution in [0.5, 0.6) is 0 Å². The molecule has 96 valence electrons. The molecule has 3 nitrogen and oxygen atoms in total. The Labute approximate surface area is 107 Å². The highest BCUT2D eigenvalue weighted by Crippen LogP contribution is 2.21. The van der Waals surface area contributed by atoms with Crippen LogP contribution in [0.25, 0.3) is 10.9 Å². The summed E-state index contributed by atoms with van der Waals surface area (Å²) in [4.78, 5) is 12.2. The molecule has 18 heavy (non-hydrogen) atoms. The second kappa shape index (κ2) is 5.25. The van der Waals surface area contributed by atoms with E-state index >= 15 is 0 Å². The Morgan fingerprint density at radius 2 is 2.06 bits per heavy atom. The predicted octanol–water partition coefficient (Wildman–Crippen LogP) is 3.99. The summed E-state index contributed by atoms with van der Waals surface area (Å²) in [5.41, 5.74) is 1.94. The Balaban J connectivity index is 2.50. The zero-order chi connectivity index (χ0) is 13.1. The molecule has 0 atom stereocenters. The molecule has 0 aliphatic rings. The third-order valence-electron chi connectivity index (χ3n) is 2.81. The second-order valence-electron chi connectivity index (χ2n) is 4.71. The summed E-state index contributed by atoms with van der Waals surface area (Å²) in [6.45, 7) is 5.84. The third-order valence-corrected chi connectivity index (χ3v) is 2.81. The summed E-state index contributed by atoms with van der Waals surface area (Å²) in [7, 11) is 0. The van der Waals surface area contributed by atoms with Gasteiger partial charge >= 0.3 is 6.09 Å². The van der Waals surface area contributed by atoms with Gasteiger partial charge < -0.3 is 4.74 Å². The fraction of sp³-hybridized carbons (Fsp3) is 0.400. The van der Waals surface area contributed by atoms with E-state index in [-0.39, 0.29) is 12.2 Å². The standard InChI is InChI=1S/C15H19NO2/c1-4-7-13-10-12-8-5-6-9-14(12)16(13)15(17)18-11(2)3/h5-6,8-11H,4,7H2,1-3H3. The van der Waals surface area contributed by atoms with Gasteiger partial charge in [0.15, 0.2) is 0 Å². The summed E-state index contributed by atoms with van der Waals surface area (Å²) in [6.07, 6.45) is 1.50. The van der Waals surface area contributed by atoms with Gasteiger partial charge in [0.05, 0.1) is 11.6 Å². The zero-order valence-electron chi connectivity index (χ0n) is 11.1. The van der Waals surface area contributed by atoms with Crippen molar-refractivity contribution in [1.29, 1.82) is 0 Å². The van der Waals surface area contributed by atoms with Crippen LogP contribution in [-0.4, -0.2) is 16.8 Å². The van der Waals surface area contributed by atoms with Gasteiger partial charge in [0.1, 0.15) is 0 Å². The van der Waals surface area contributed by atoms with Crippen molar-refractivity contribution >= 4 is 17.0 Å². The molecule has 0 N–H and O–H groups in total. The lowest BCUT2D eigenvalue weighted by molar-refractivity contribution is 0.117. The third kappa shape index (κ3) is 2.40. The minimum absolute atomic E-state index is 0.104. The van der Waals surface area contributed by atoms with Gasteiger partial charge in [0.25, 0.3) is 0 Å². The van der Waals surface area contributed by atoms with Crippen LogP contribution in [0.1, 0.15) is 32.9 Å². The number of carbonyl (C=O) groups is 1. The van der Waals surface area contributed by atoms with Gasteiger partial charge in [-0.2, -0.15) is 0 Å². The van der Waals surface area contributed by atoms with Gasteiger partial charge in [-0.05, 0) is 32.4 Å². The van der Waals surface area contributed by atoms with Crippen molar-refractivity contribution in [3.63, 3.8) is 0 Å². The van der Waals surface area contributed by atoms with Crippen molar-refractivity contribution in [2.75, 3.05) is 0 Å². The van der Waals surface area contributed by atoms with Crippen LogP contribution in [0.3, 0.4) is 0 Å². The average Bonchev–Trinajstić information content (AvgIpc) is 2.66. The molecule has 0 spiro atoms. The highest BCUT2D eigenvalue weighted by Gasteiger charge is 2.16. The number of aromatic nitrogens is 1. The van der Waals surface area contributed by atoms with Gasteiger partial charge in [-0.25, -0.2) is 9.36 Å². The molecule has 1 aromatic carbocycles. The maximum absolute atomic E-state index is 12.2. The maximum Gasteiger partial charge on any atom is 0.418 e. The first-order chi connectivity index (χ1) is 8.63. The van der Waals surface area contributed by atoms with Crippen molar-refractivity contribution in [2.45, 2.75) is 39.7 Å². The number of para-hydroxylation sites is 1. The van der Waals surface area contributed by atoms with Gasteiger partial charge in [-0.15, -0.1) is 0 Å². The molecule has 0 aliphatic carbocycles. The summed E-state index contributed by atoms with van der Waals surface area (Å²) >= 11 is 0. The summed E-state index contributed by atoms with van der Waals surface area (Å²) < 4.78 is 7.01. The fourth-order valence-corrected chi connectivity index (χ4v) is 2.12. The maximum atomic E-state index is 12.2. The van der Waals surface area contributed by atoms with Crippen molar-refractivity contribution in [1.82, 2.24) is 4.57 Å². The van der Waals surface area contributed by atoms with Crippen LogP contribution < -0.4 is 0 Å². The highest BCUT2D eigenvalue weighted by atomic mass is 16.6. The van der Waals surface area contributed by atoms with Gasteiger partial charge in [0, 0.05) is 11.1 Å². The SMILES string of the molecule is CCCc1cc2ccccc2n1C(=O)OC(C)C. The number of fused-ring (bicyclic) bond motifs is 1. The molecule has 0 aliphatic heterocycles. The lowest BCUT2D eigenvalue weighted by atomic mass is 10.2. The molecular formula is C15H19NO2. The van der Waals surface area contributed by atoms with E-state index in [0.717, 1.165) is 29.4 Å². The van der Waals surface area contributed by atoms with Crippen LogP contribution in [-0.2, 0) is 11.2 Å². The van der Waals surface area contributed by atoms with E-state index in [4.69, 9.17) is 4.74 Å². The Morgan fingerprint density at radius 3 is 2.72 bits per heavy atom. The topological polar surface area (TPSA) is 31.2 Å². The quantitative estimate of drug-likeness (QED) is 0.818. The zero-order valence-corrected chi connectivity index (χ0v) is 11.1. The van der Waals surface area contributed by atoms with Crippen molar-refractivity contribution < 1.29 is 9.53 Å². The minimum atomic E-state index is -0.283. The molecular weight excluding hydrogens is 226 g/mol. The Hall–Kier alpha value is -1.77. The average molecular weight is 245 g/mol. The molecule has 2 rings (SSSR count). The number of benzene rings is 1. The lowest BCUT2D eigenvalue weighted by Crippen LogP contribution is -2.19. The number of rotatable bonds is 3. The largest absolute Gasteiger partial charge is 0.446 e. The monoisotopic (exact) mass is 245 g/mol. The highest BCUT2D eigenvalue weighted by molar-refractivity contribution is 5.90. The molecule has 0 unspecified atom stereocenters. The van der Waals surface area contributed by atoms with E-state index in [1.807, 2.05) is 38.1 Å². The molecule has 2 aromatic rings. The first-order valence-electron chi connectivity index (χ1n) is 6.43. The van der Waals surface area contributed by atoms with Gasteiger partial charge in [-0.1, -0.05) is 31.5 Å². The van der Waals surface area contributed by atoms with Gasteiger partial charge in [-0.3, -0.25) is 0 Å². The van der Waals surface area contributed by atoms with Crippen LogP contribution >= 0.6 is 0 Å². The molecule has 3 heteroatoms. The van der Waals surface area contributed by atoms with Gasteiger partial charge in [0.2, 0.25) is 0 Å². The fourth-order valence-electron chi connectivity index (χ4n) is 2.12. The van der Waals surface area contributed by atoms with Crippen LogP contribution in [0.2, 0.25) is 0 Å². The first-order valence-corrected chi connectivity index (χ1v) is 6.43. The summed E-state index contributed by atoms with van der Waals surface area (Å²) in [5.74, 6) is 0. The van der Waals surface area contributed by atoms with E-state index in [9.17, 15) is 4.79 Å². The summed E-state index contributed by atoms with van der Waals surface area (Å²) in [6, 6.07) is 9.97. The minimum Gasteiger partial charge on any atom is -0.446 e. The van der Waals surface area contributed by atoms with Crippen LogP contribution in [0.15, 0.2) is 30.3 Å². The Kier molecular flexibility index (Phi) is 3.70. The molecule has 0 saturated carbocycles. The number of hydrogen-bond donors (Lipinski definition) is 0. The molecule has 0 amide bonds. The lowest BCUT2D eigenvalue weighted by Gasteiger charge is -2.12. The normalized spacial score (nSPS) is 11.1. The molecule has 0 bridgehead atoms. The van der Waals surface area contributed by atoms with Crippen molar-refractivity contribution in [3.05, 3.63) is 36.0 Å². The number of aryl methyl sites for hydroxylation is 1. The number of nitrogens with zero attached hydrogens (tertiary/aromatic N) is 1. The number of hydrogen-bond acceptors (Lipinski definition) is 2. The number of carbonyl (C=O) groups excluding carboxylic acids is 1. The first kappa shape index (κ1) is 12.7.